The maximum atomic E-state index is 12.7. The summed E-state index contributed by atoms with van der Waals surface area (Å²) in [6.07, 6.45) is 0. The van der Waals surface area contributed by atoms with E-state index in [1.165, 1.54) is 25.2 Å². The number of benzene rings is 2. The van der Waals surface area contributed by atoms with Gasteiger partial charge >= 0.3 is 0 Å². The Kier molecular flexibility index (Phi) is 3.83. The lowest BCUT2D eigenvalue weighted by Crippen LogP contribution is -2.08. The van der Waals surface area contributed by atoms with Crippen LogP contribution >= 0.6 is 11.3 Å². The second-order valence-corrected chi connectivity index (χ2v) is 6.30. The van der Waals surface area contributed by atoms with Crippen LogP contribution in [-0.4, -0.2) is 11.8 Å². The van der Waals surface area contributed by atoms with Crippen LogP contribution in [0.15, 0.2) is 41.2 Å². The molecule has 0 aliphatic heterocycles. The highest BCUT2D eigenvalue weighted by atomic mass is 32.1. The molecule has 0 saturated heterocycles. The number of nitrogens with one attached hydrogen (secondary N) is 2. The van der Waals surface area contributed by atoms with Crippen LogP contribution in [-0.2, 0) is 9.59 Å². The Labute approximate surface area is 135 Å². The van der Waals surface area contributed by atoms with Crippen LogP contribution in [0.2, 0.25) is 0 Å². The van der Waals surface area contributed by atoms with Gasteiger partial charge in [0, 0.05) is 45.4 Å². The van der Waals surface area contributed by atoms with Crippen LogP contribution in [0.1, 0.15) is 13.8 Å². The number of hydrogen-bond acceptors (Lipinski definition) is 4. The van der Waals surface area contributed by atoms with Crippen LogP contribution in [0.4, 0.5) is 11.4 Å². The molecule has 3 aromatic rings. The van der Waals surface area contributed by atoms with Gasteiger partial charge in [0.05, 0.1) is 0 Å². The average molecular weight is 326 g/mol. The Hall–Kier alpha value is -2.73. The molecular weight excluding hydrogens is 312 g/mol. The summed E-state index contributed by atoms with van der Waals surface area (Å²) >= 11 is 1.50. The first-order valence-corrected chi connectivity index (χ1v) is 7.81. The molecule has 2 aromatic carbocycles. The summed E-state index contributed by atoms with van der Waals surface area (Å²) < 4.78 is 1.70. The largest absolute Gasteiger partial charge is 0.326 e. The Balaban J connectivity index is 2.22. The first-order chi connectivity index (χ1) is 10.9. The standard InChI is InChI=1S/C17H14N2O3S/c1-9(20)18-11-3-5-15-13(7-11)17(22)14-8-12(19-10(2)21)4-6-16(14)23-15/h3-8H,1-2H3,(H,18,20)(H,19,21). The van der Waals surface area contributed by atoms with Crippen molar-refractivity contribution in [2.24, 2.45) is 0 Å². The van der Waals surface area contributed by atoms with Crippen molar-refractivity contribution >= 4 is 54.7 Å². The smallest absolute Gasteiger partial charge is 0.221 e. The molecule has 0 saturated carbocycles. The molecule has 5 nitrogen and oxygen atoms in total. The lowest BCUT2D eigenvalue weighted by Gasteiger charge is -2.07. The SMILES string of the molecule is CC(=O)Nc1ccc2sc3ccc(NC(C)=O)cc3c(=O)c2c1. The van der Waals surface area contributed by atoms with Crippen molar-refractivity contribution in [2.75, 3.05) is 10.6 Å². The number of fused-ring (bicyclic) bond motifs is 2. The van der Waals surface area contributed by atoms with Crippen LogP contribution in [0, 0.1) is 0 Å². The molecule has 1 aromatic heterocycles. The van der Waals surface area contributed by atoms with Gasteiger partial charge in [0.15, 0.2) is 5.43 Å². The zero-order chi connectivity index (χ0) is 16.6. The number of anilines is 2. The molecule has 0 fully saturated rings. The molecular formula is C17H14N2O3S. The molecule has 116 valence electrons. The Bertz CT molecular complexity index is 931. The van der Waals surface area contributed by atoms with E-state index in [2.05, 4.69) is 10.6 Å². The first-order valence-electron chi connectivity index (χ1n) is 7.00. The predicted octanol–water partition coefficient (Wildman–Crippen LogP) is 3.33. The Morgan fingerprint density at radius 3 is 1.65 bits per heavy atom. The molecule has 2 amide bonds. The van der Waals surface area contributed by atoms with E-state index in [4.69, 9.17) is 0 Å². The molecule has 23 heavy (non-hydrogen) atoms. The normalized spacial score (nSPS) is 10.7. The fourth-order valence-electron chi connectivity index (χ4n) is 2.42. The lowest BCUT2D eigenvalue weighted by atomic mass is 10.1. The number of amides is 2. The maximum absolute atomic E-state index is 12.7. The lowest BCUT2D eigenvalue weighted by molar-refractivity contribution is -0.115. The number of carbonyl (C=O) groups is 2. The van der Waals surface area contributed by atoms with Crippen LogP contribution in [0.25, 0.3) is 20.2 Å². The summed E-state index contributed by atoms with van der Waals surface area (Å²) in [5, 5.41) is 6.46. The topological polar surface area (TPSA) is 75.3 Å². The minimum Gasteiger partial charge on any atom is -0.326 e. The van der Waals surface area contributed by atoms with Gasteiger partial charge in [-0.25, -0.2) is 0 Å². The van der Waals surface area contributed by atoms with Crippen molar-refractivity contribution < 1.29 is 9.59 Å². The molecule has 0 unspecified atom stereocenters. The van der Waals surface area contributed by atoms with E-state index in [-0.39, 0.29) is 17.2 Å². The third kappa shape index (κ3) is 3.07. The molecule has 0 aliphatic rings. The second kappa shape index (κ2) is 5.81. The molecule has 2 N–H and O–H groups in total. The minimum absolute atomic E-state index is 0.117. The van der Waals surface area contributed by atoms with Gasteiger partial charge in [0.25, 0.3) is 0 Å². The monoisotopic (exact) mass is 326 g/mol. The molecule has 0 atom stereocenters. The molecule has 0 radical (unpaired) electrons. The molecule has 3 rings (SSSR count). The predicted molar refractivity (Wildman–Crippen MR) is 94.2 cm³/mol. The van der Waals surface area contributed by atoms with Crippen molar-refractivity contribution in [1.82, 2.24) is 0 Å². The van der Waals surface area contributed by atoms with Crippen LogP contribution < -0.4 is 16.1 Å². The van der Waals surface area contributed by atoms with Crippen molar-refractivity contribution in [3.63, 3.8) is 0 Å². The van der Waals surface area contributed by atoms with Crippen molar-refractivity contribution in [3.05, 3.63) is 46.6 Å². The third-order valence-corrected chi connectivity index (χ3v) is 4.46. The zero-order valence-corrected chi connectivity index (χ0v) is 13.4. The summed E-state index contributed by atoms with van der Waals surface area (Å²) in [4.78, 5) is 35.1. The fraction of sp³-hybridized carbons (Fsp3) is 0.118. The third-order valence-electron chi connectivity index (χ3n) is 3.31. The zero-order valence-electron chi connectivity index (χ0n) is 12.6. The number of hydrogen-bond donors (Lipinski definition) is 2. The van der Waals surface area contributed by atoms with E-state index in [9.17, 15) is 14.4 Å². The van der Waals surface area contributed by atoms with Crippen molar-refractivity contribution in [2.45, 2.75) is 13.8 Å². The van der Waals surface area contributed by atoms with E-state index in [0.717, 1.165) is 9.40 Å². The van der Waals surface area contributed by atoms with Gasteiger partial charge in [-0.1, -0.05) is 0 Å². The molecule has 0 spiro atoms. The van der Waals surface area contributed by atoms with Gasteiger partial charge in [0.2, 0.25) is 11.8 Å². The average Bonchev–Trinajstić information content (AvgIpc) is 2.48. The molecule has 0 bridgehead atoms. The van der Waals surface area contributed by atoms with Gasteiger partial charge in [-0.15, -0.1) is 11.3 Å². The molecule has 0 aliphatic carbocycles. The van der Waals surface area contributed by atoms with E-state index >= 15 is 0 Å². The highest BCUT2D eigenvalue weighted by Crippen LogP contribution is 2.28. The summed E-state index contributed by atoms with van der Waals surface area (Å²) in [5.41, 5.74) is 1.06. The summed E-state index contributed by atoms with van der Waals surface area (Å²) in [5.74, 6) is -0.372. The minimum atomic E-state index is -0.186. The number of carbonyl (C=O) groups excluding carboxylic acids is 2. The van der Waals surface area contributed by atoms with E-state index < -0.39 is 0 Å². The Morgan fingerprint density at radius 2 is 1.26 bits per heavy atom. The quantitative estimate of drug-likeness (QED) is 0.709. The van der Waals surface area contributed by atoms with Gasteiger partial charge in [0.1, 0.15) is 0 Å². The van der Waals surface area contributed by atoms with Gasteiger partial charge in [-0.3, -0.25) is 14.4 Å². The maximum Gasteiger partial charge on any atom is 0.221 e. The van der Waals surface area contributed by atoms with Gasteiger partial charge in [-0.2, -0.15) is 0 Å². The van der Waals surface area contributed by atoms with E-state index in [0.29, 0.717) is 22.1 Å². The second-order valence-electron chi connectivity index (χ2n) is 5.22. The van der Waals surface area contributed by atoms with Crippen molar-refractivity contribution in [1.29, 1.82) is 0 Å². The fourth-order valence-corrected chi connectivity index (χ4v) is 3.45. The van der Waals surface area contributed by atoms with E-state index in [1.807, 2.05) is 12.1 Å². The molecule has 1 heterocycles. The van der Waals surface area contributed by atoms with E-state index in [1.54, 1.807) is 24.3 Å². The first kappa shape index (κ1) is 15.2. The number of rotatable bonds is 2. The summed E-state index contributed by atoms with van der Waals surface area (Å²) in [6, 6.07) is 10.6. The Morgan fingerprint density at radius 1 is 0.826 bits per heavy atom. The van der Waals surface area contributed by atoms with Crippen LogP contribution in [0.3, 0.4) is 0 Å². The van der Waals surface area contributed by atoms with Gasteiger partial charge < -0.3 is 10.6 Å². The highest BCUT2D eigenvalue weighted by Gasteiger charge is 2.09. The van der Waals surface area contributed by atoms with Gasteiger partial charge in [-0.05, 0) is 36.4 Å². The van der Waals surface area contributed by atoms with Crippen molar-refractivity contribution in [3.8, 4) is 0 Å². The summed E-state index contributed by atoms with van der Waals surface area (Å²) in [7, 11) is 0. The highest BCUT2D eigenvalue weighted by molar-refractivity contribution is 7.24. The van der Waals surface area contributed by atoms with Crippen LogP contribution in [0.5, 0.6) is 0 Å². The summed E-state index contributed by atoms with van der Waals surface area (Å²) in [6.45, 7) is 2.84. The molecule has 6 heteroatoms.